The van der Waals surface area contributed by atoms with Gasteiger partial charge in [0.05, 0.1) is 0 Å². The Bertz CT molecular complexity index is 761. The summed E-state index contributed by atoms with van der Waals surface area (Å²) in [5, 5.41) is 0.889. The fourth-order valence-corrected chi connectivity index (χ4v) is 2.11. The number of benzene rings is 2. The molecule has 2 rings (SSSR count). The first kappa shape index (κ1) is 17.0. The second kappa shape index (κ2) is 7.76. The summed E-state index contributed by atoms with van der Waals surface area (Å²) in [7, 11) is 0. The second-order valence-electron chi connectivity index (χ2n) is 4.45. The number of halogens is 3. The van der Waals surface area contributed by atoms with Gasteiger partial charge in [-0.05, 0) is 48.0 Å². The van der Waals surface area contributed by atoms with Crippen molar-refractivity contribution >= 4 is 41.1 Å². The van der Waals surface area contributed by atoms with E-state index in [9.17, 15) is 14.0 Å². The van der Waals surface area contributed by atoms with Gasteiger partial charge in [0.15, 0.2) is 0 Å². The van der Waals surface area contributed by atoms with Crippen LogP contribution in [0.25, 0.3) is 6.08 Å². The Morgan fingerprint density at radius 1 is 1.00 bits per heavy atom. The van der Waals surface area contributed by atoms with Crippen LogP contribution in [0.3, 0.4) is 0 Å². The third-order valence-electron chi connectivity index (χ3n) is 2.78. The highest BCUT2D eigenvalue weighted by Gasteiger charge is 2.06. The Hall–Kier alpha value is -2.37. The molecule has 4 nitrogen and oxygen atoms in total. The molecule has 0 bridgehead atoms. The van der Waals surface area contributed by atoms with Gasteiger partial charge in [-0.3, -0.25) is 20.4 Å². The number of carbonyl (C=O) groups excluding carboxylic acids is 2. The molecule has 2 amide bonds. The molecular formula is C16H11Cl2FN2O2. The lowest BCUT2D eigenvalue weighted by Crippen LogP contribution is -2.40. The molecule has 0 unspecified atom stereocenters. The van der Waals surface area contributed by atoms with Crippen LogP contribution in [-0.4, -0.2) is 11.8 Å². The van der Waals surface area contributed by atoms with Gasteiger partial charge < -0.3 is 0 Å². The maximum Gasteiger partial charge on any atom is 0.269 e. The van der Waals surface area contributed by atoms with Crippen LogP contribution in [0.2, 0.25) is 10.0 Å². The molecule has 7 heteroatoms. The zero-order valence-electron chi connectivity index (χ0n) is 11.6. The molecular weight excluding hydrogens is 342 g/mol. The van der Waals surface area contributed by atoms with Crippen molar-refractivity contribution in [2.24, 2.45) is 0 Å². The quantitative estimate of drug-likeness (QED) is 0.654. The van der Waals surface area contributed by atoms with Gasteiger partial charge in [-0.15, -0.1) is 0 Å². The van der Waals surface area contributed by atoms with Crippen LogP contribution in [0.15, 0.2) is 48.5 Å². The molecule has 23 heavy (non-hydrogen) atoms. The molecule has 0 fully saturated rings. The van der Waals surface area contributed by atoms with Crippen molar-refractivity contribution in [3.63, 3.8) is 0 Å². The fourth-order valence-electron chi connectivity index (χ4n) is 1.64. The number of carbonyl (C=O) groups is 2. The molecule has 0 saturated heterocycles. The number of hydrazine groups is 1. The fraction of sp³-hybridized carbons (Fsp3) is 0. The number of hydrogen-bond acceptors (Lipinski definition) is 2. The van der Waals surface area contributed by atoms with Crippen LogP contribution in [0.5, 0.6) is 0 Å². The van der Waals surface area contributed by atoms with Crippen LogP contribution in [0.4, 0.5) is 4.39 Å². The van der Waals surface area contributed by atoms with E-state index in [1.54, 1.807) is 18.2 Å². The van der Waals surface area contributed by atoms with Crippen molar-refractivity contribution in [1.82, 2.24) is 10.9 Å². The van der Waals surface area contributed by atoms with Crippen LogP contribution in [0, 0.1) is 5.82 Å². The van der Waals surface area contributed by atoms with Crippen LogP contribution >= 0.6 is 23.2 Å². The smallest absolute Gasteiger partial charge is 0.268 e. The summed E-state index contributed by atoms with van der Waals surface area (Å²) in [5.74, 6) is -1.56. The van der Waals surface area contributed by atoms with Gasteiger partial charge in [0, 0.05) is 21.7 Å². The summed E-state index contributed by atoms with van der Waals surface area (Å²) in [5.41, 5.74) is 5.25. The molecule has 0 saturated carbocycles. The third kappa shape index (κ3) is 5.09. The lowest BCUT2D eigenvalue weighted by atomic mass is 10.2. The van der Waals surface area contributed by atoms with E-state index >= 15 is 0 Å². The summed E-state index contributed by atoms with van der Waals surface area (Å²) in [6, 6.07) is 9.77. The first-order valence-corrected chi connectivity index (χ1v) is 7.20. The van der Waals surface area contributed by atoms with Crippen molar-refractivity contribution in [3.05, 3.63) is 75.5 Å². The summed E-state index contributed by atoms with van der Waals surface area (Å²) >= 11 is 11.7. The first-order chi connectivity index (χ1) is 11.0. The zero-order valence-corrected chi connectivity index (χ0v) is 13.2. The number of amides is 2. The van der Waals surface area contributed by atoms with E-state index in [1.807, 2.05) is 0 Å². The van der Waals surface area contributed by atoms with Gasteiger partial charge in [0.1, 0.15) is 5.82 Å². The average molecular weight is 353 g/mol. The molecule has 0 aromatic heterocycles. The molecule has 118 valence electrons. The van der Waals surface area contributed by atoms with Gasteiger partial charge in [0.2, 0.25) is 0 Å². The molecule has 2 N–H and O–H groups in total. The van der Waals surface area contributed by atoms with Crippen LogP contribution < -0.4 is 10.9 Å². The molecule has 0 aliphatic rings. The van der Waals surface area contributed by atoms with Crippen LogP contribution in [-0.2, 0) is 4.79 Å². The van der Waals surface area contributed by atoms with Gasteiger partial charge in [0.25, 0.3) is 11.8 Å². The average Bonchev–Trinajstić information content (AvgIpc) is 2.52. The molecule has 0 spiro atoms. The van der Waals surface area contributed by atoms with Crippen LogP contribution in [0.1, 0.15) is 15.9 Å². The minimum Gasteiger partial charge on any atom is -0.268 e. The predicted molar refractivity (Wildman–Crippen MR) is 87.5 cm³/mol. The molecule has 0 aliphatic carbocycles. The van der Waals surface area contributed by atoms with Crippen molar-refractivity contribution in [2.75, 3.05) is 0 Å². The van der Waals surface area contributed by atoms with Crippen molar-refractivity contribution in [2.45, 2.75) is 0 Å². The summed E-state index contributed by atoms with van der Waals surface area (Å²) in [4.78, 5) is 23.4. The summed E-state index contributed by atoms with van der Waals surface area (Å²) < 4.78 is 12.8. The van der Waals surface area contributed by atoms with E-state index in [0.717, 1.165) is 12.1 Å². The Morgan fingerprint density at radius 3 is 2.35 bits per heavy atom. The molecule has 2 aromatic carbocycles. The highest BCUT2D eigenvalue weighted by molar-refractivity contribution is 6.35. The monoisotopic (exact) mass is 352 g/mol. The molecule has 0 radical (unpaired) electrons. The first-order valence-electron chi connectivity index (χ1n) is 6.45. The second-order valence-corrected chi connectivity index (χ2v) is 5.29. The maximum absolute atomic E-state index is 12.8. The summed E-state index contributed by atoms with van der Waals surface area (Å²) in [6.45, 7) is 0. The van der Waals surface area contributed by atoms with E-state index in [0.29, 0.717) is 15.6 Å². The zero-order chi connectivity index (χ0) is 16.8. The largest absolute Gasteiger partial charge is 0.269 e. The molecule has 0 aliphatic heterocycles. The SMILES string of the molecule is O=C(/C=C/c1ccc(Cl)cc1Cl)NNC(=O)c1ccc(F)cc1. The van der Waals surface area contributed by atoms with Gasteiger partial charge >= 0.3 is 0 Å². The standard InChI is InChI=1S/C16H11Cl2FN2O2/c17-12-5-1-10(14(18)9-12)4-8-15(22)20-21-16(23)11-2-6-13(19)7-3-11/h1-9H,(H,20,22)(H,21,23)/b8-4+. The Kier molecular flexibility index (Phi) is 5.73. The molecule has 0 atom stereocenters. The Balaban J connectivity index is 1.90. The van der Waals surface area contributed by atoms with Gasteiger partial charge in [-0.2, -0.15) is 0 Å². The summed E-state index contributed by atoms with van der Waals surface area (Å²) in [6.07, 6.45) is 2.69. The highest BCUT2D eigenvalue weighted by Crippen LogP contribution is 2.21. The Morgan fingerprint density at radius 2 is 1.70 bits per heavy atom. The van der Waals surface area contributed by atoms with Crippen molar-refractivity contribution < 1.29 is 14.0 Å². The topological polar surface area (TPSA) is 58.2 Å². The normalized spacial score (nSPS) is 10.6. The van der Waals surface area contributed by atoms with Gasteiger partial charge in [-0.1, -0.05) is 29.3 Å². The molecule has 0 heterocycles. The van der Waals surface area contributed by atoms with Crippen molar-refractivity contribution in [3.8, 4) is 0 Å². The minimum atomic E-state index is -0.559. The van der Waals surface area contributed by atoms with E-state index < -0.39 is 17.6 Å². The maximum atomic E-state index is 12.8. The van der Waals surface area contributed by atoms with Crippen molar-refractivity contribution in [1.29, 1.82) is 0 Å². The van der Waals surface area contributed by atoms with E-state index in [4.69, 9.17) is 23.2 Å². The molecule has 2 aromatic rings. The van der Waals surface area contributed by atoms with E-state index in [-0.39, 0.29) is 5.56 Å². The third-order valence-corrected chi connectivity index (χ3v) is 3.34. The van der Waals surface area contributed by atoms with E-state index in [2.05, 4.69) is 10.9 Å². The minimum absolute atomic E-state index is 0.219. The lowest BCUT2D eigenvalue weighted by molar-refractivity contribution is -0.117. The Labute approximate surface area is 141 Å². The predicted octanol–water partition coefficient (Wildman–Crippen LogP) is 3.61. The van der Waals surface area contributed by atoms with E-state index in [1.165, 1.54) is 24.3 Å². The lowest BCUT2D eigenvalue weighted by Gasteiger charge is -2.05. The number of nitrogens with one attached hydrogen (secondary N) is 2. The van der Waals surface area contributed by atoms with Gasteiger partial charge in [-0.25, -0.2) is 4.39 Å². The number of hydrogen-bond donors (Lipinski definition) is 2. The number of rotatable bonds is 3. The highest BCUT2D eigenvalue weighted by atomic mass is 35.5.